The summed E-state index contributed by atoms with van der Waals surface area (Å²) in [5, 5.41) is 0. The third-order valence-corrected chi connectivity index (χ3v) is 1.49. The molecule has 0 heterocycles. The van der Waals surface area contributed by atoms with E-state index >= 15 is 0 Å². The van der Waals surface area contributed by atoms with Gasteiger partial charge in [-0.2, -0.15) is 26.3 Å². The van der Waals surface area contributed by atoms with Gasteiger partial charge in [-0.15, -0.1) is 0 Å². The molecule has 0 rings (SSSR count). The van der Waals surface area contributed by atoms with Crippen LogP contribution in [0.1, 0.15) is 12.8 Å². The molecule has 0 aromatic carbocycles. The van der Waals surface area contributed by atoms with Crippen LogP contribution in [0, 0.1) is 5.92 Å². The molecule has 0 saturated carbocycles. The fourth-order valence-electron chi connectivity index (χ4n) is 0.835. The largest absolute Gasteiger partial charge is 0.400 e. The molecule has 0 aliphatic rings. The first kappa shape index (κ1) is 12.5. The van der Waals surface area contributed by atoms with Crippen molar-refractivity contribution >= 4 is 0 Å². The number of rotatable bonds is 3. The van der Waals surface area contributed by atoms with Crippen LogP contribution in [-0.4, -0.2) is 18.9 Å². The average Bonchev–Trinajstić information content (AvgIpc) is 1.81. The van der Waals surface area contributed by atoms with E-state index in [0.717, 1.165) is 0 Å². The minimum absolute atomic E-state index is 0.178. The second-order valence-corrected chi connectivity index (χ2v) is 2.57. The van der Waals surface area contributed by atoms with E-state index in [2.05, 4.69) is 0 Å². The van der Waals surface area contributed by atoms with E-state index in [4.69, 9.17) is 5.73 Å². The number of halogens is 6. The second-order valence-electron chi connectivity index (χ2n) is 2.57. The molecule has 0 amide bonds. The van der Waals surface area contributed by atoms with E-state index in [-0.39, 0.29) is 13.0 Å². The third-order valence-electron chi connectivity index (χ3n) is 1.49. The molecule has 0 radical (unpaired) electrons. The first-order chi connectivity index (χ1) is 5.69. The van der Waals surface area contributed by atoms with E-state index in [9.17, 15) is 26.3 Å². The molecular weight excluding hydrogens is 200 g/mol. The van der Waals surface area contributed by atoms with Crippen molar-refractivity contribution in [2.75, 3.05) is 6.54 Å². The summed E-state index contributed by atoms with van der Waals surface area (Å²) in [5.41, 5.74) is 4.83. The summed E-state index contributed by atoms with van der Waals surface area (Å²) in [6.45, 7) is -0.178. The number of hydrogen-bond acceptors (Lipinski definition) is 1. The standard InChI is InChI=1S/C6H9F6N/c7-5(8,9)4(2-1-3-13)6(10,11)12/h4H,1-3,13H2. The first-order valence-electron chi connectivity index (χ1n) is 3.53. The van der Waals surface area contributed by atoms with E-state index in [1.807, 2.05) is 0 Å². The van der Waals surface area contributed by atoms with Crippen LogP contribution in [-0.2, 0) is 0 Å². The second kappa shape index (κ2) is 4.17. The SMILES string of the molecule is NCCCC(C(F)(F)F)C(F)(F)F. The highest BCUT2D eigenvalue weighted by Crippen LogP contribution is 2.41. The van der Waals surface area contributed by atoms with Gasteiger partial charge < -0.3 is 5.73 Å². The molecule has 13 heavy (non-hydrogen) atoms. The molecule has 0 unspecified atom stereocenters. The molecule has 0 atom stereocenters. The van der Waals surface area contributed by atoms with Crippen molar-refractivity contribution in [2.24, 2.45) is 11.7 Å². The van der Waals surface area contributed by atoms with Gasteiger partial charge in [0.2, 0.25) is 0 Å². The van der Waals surface area contributed by atoms with Crippen molar-refractivity contribution in [3.05, 3.63) is 0 Å². The van der Waals surface area contributed by atoms with Crippen molar-refractivity contribution in [3.63, 3.8) is 0 Å². The van der Waals surface area contributed by atoms with Gasteiger partial charge in [-0.25, -0.2) is 0 Å². The Balaban J connectivity index is 4.39. The van der Waals surface area contributed by atoms with Crippen molar-refractivity contribution in [3.8, 4) is 0 Å². The quantitative estimate of drug-likeness (QED) is 0.710. The highest BCUT2D eigenvalue weighted by atomic mass is 19.4. The Hall–Kier alpha value is -0.460. The third kappa shape index (κ3) is 4.35. The molecule has 0 aromatic rings. The van der Waals surface area contributed by atoms with E-state index in [1.165, 1.54) is 0 Å². The van der Waals surface area contributed by atoms with E-state index in [0.29, 0.717) is 0 Å². The van der Waals surface area contributed by atoms with Crippen LogP contribution in [0.5, 0.6) is 0 Å². The summed E-state index contributed by atoms with van der Waals surface area (Å²) in [4.78, 5) is 0. The van der Waals surface area contributed by atoms with Gasteiger partial charge in [0.25, 0.3) is 0 Å². The molecule has 0 aliphatic heterocycles. The van der Waals surface area contributed by atoms with Gasteiger partial charge in [0.05, 0.1) is 0 Å². The van der Waals surface area contributed by atoms with Crippen LogP contribution in [0.15, 0.2) is 0 Å². The van der Waals surface area contributed by atoms with Gasteiger partial charge >= 0.3 is 12.4 Å². The maximum atomic E-state index is 11.8. The molecule has 0 aromatic heterocycles. The smallest absolute Gasteiger partial charge is 0.330 e. The van der Waals surface area contributed by atoms with Crippen LogP contribution in [0.2, 0.25) is 0 Å². The molecule has 0 bridgehead atoms. The van der Waals surface area contributed by atoms with E-state index in [1.54, 1.807) is 0 Å². The number of hydrogen-bond donors (Lipinski definition) is 1. The Morgan fingerprint density at radius 3 is 1.54 bits per heavy atom. The zero-order valence-electron chi connectivity index (χ0n) is 6.54. The predicted octanol–water partition coefficient (Wildman–Crippen LogP) is 2.47. The van der Waals surface area contributed by atoms with Crippen LogP contribution in [0.4, 0.5) is 26.3 Å². The molecule has 0 fully saturated rings. The number of alkyl halides is 6. The Bertz CT molecular complexity index is 134. The average molecular weight is 209 g/mol. The summed E-state index contributed by atoms with van der Waals surface area (Å²) < 4.78 is 70.7. The van der Waals surface area contributed by atoms with Gasteiger partial charge in [0.15, 0.2) is 5.92 Å². The fourth-order valence-corrected chi connectivity index (χ4v) is 0.835. The van der Waals surface area contributed by atoms with Crippen molar-refractivity contribution < 1.29 is 26.3 Å². The van der Waals surface area contributed by atoms with Crippen molar-refractivity contribution in [1.82, 2.24) is 0 Å². The molecule has 7 heteroatoms. The maximum absolute atomic E-state index is 11.8. The molecular formula is C6H9F6N. The number of nitrogens with two attached hydrogens (primary N) is 1. The lowest BCUT2D eigenvalue weighted by molar-refractivity contribution is -0.285. The Morgan fingerprint density at radius 1 is 0.923 bits per heavy atom. The Kier molecular flexibility index (Phi) is 4.02. The predicted molar refractivity (Wildman–Crippen MR) is 33.9 cm³/mol. The van der Waals surface area contributed by atoms with Crippen LogP contribution in [0.25, 0.3) is 0 Å². The molecule has 0 aliphatic carbocycles. The minimum atomic E-state index is -5.23. The van der Waals surface area contributed by atoms with Gasteiger partial charge in [-0.1, -0.05) is 0 Å². The lowest BCUT2D eigenvalue weighted by Gasteiger charge is -2.22. The highest BCUT2D eigenvalue weighted by molar-refractivity contribution is 4.75. The van der Waals surface area contributed by atoms with Crippen LogP contribution in [0.3, 0.4) is 0 Å². The van der Waals surface area contributed by atoms with Gasteiger partial charge in [-0.3, -0.25) is 0 Å². The molecule has 80 valence electrons. The van der Waals surface area contributed by atoms with Gasteiger partial charge in [-0.05, 0) is 19.4 Å². The summed E-state index contributed by atoms with van der Waals surface area (Å²) in [7, 11) is 0. The summed E-state index contributed by atoms with van der Waals surface area (Å²) in [6, 6.07) is 0. The monoisotopic (exact) mass is 209 g/mol. The Morgan fingerprint density at radius 2 is 1.31 bits per heavy atom. The summed E-state index contributed by atoms with van der Waals surface area (Å²) in [6.07, 6.45) is -11.7. The Labute approximate surface area is 70.9 Å². The lowest BCUT2D eigenvalue weighted by atomic mass is 10.0. The van der Waals surface area contributed by atoms with E-state index < -0.39 is 24.7 Å². The topological polar surface area (TPSA) is 26.0 Å². The maximum Gasteiger partial charge on any atom is 0.400 e. The van der Waals surface area contributed by atoms with Crippen molar-refractivity contribution in [1.29, 1.82) is 0 Å². The van der Waals surface area contributed by atoms with Crippen LogP contribution >= 0.6 is 0 Å². The fraction of sp³-hybridized carbons (Fsp3) is 1.00. The summed E-state index contributed by atoms with van der Waals surface area (Å²) in [5.74, 6) is -3.25. The van der Waals surface area contributed by atoms with Crippen LogP contribution < -0.4 is 5.73 Å². The normalized spacial score (nSPS) is 13.8. The lowest BCUT2D eigenvalue weighted by Crippen LogP contribution is -2.36. The minimum Gasteiger partial charge on any atom is -0.330 e. The first-order valence-corrected chi connectivity index (χ1v) is 3.53. The zero-order valence-corrected chi connectivity index (χ0v) is 6.54. The summed E-state index contributed by atoms with van der Waals surface area (Å²) >= 11 is 0. The molecule has 2 N–H and O–H groups in total. The van der Waals surface area contributed by atoms with Crippen molar-refractivity contribution in [2.45, 2.75) is 25.2 Å². The van der Waals surface area contributed by atoms with Gasteiger partial charge in [0, 0.05) is 0 Å². The molecule has 0 saturated heterocycles. The zero-order chi connectivity index (χ0) is 10.7. The molecule has 0 spiro atoms. The highest BCUT2D eigenvalue weighted by Gasteiger charge is 2.55. The molecule has 1 nitrogen and oxygen atoms in total. The van der Waals surface area contributed by atoms with Gasteiger partial charge in [0.1, 0.15) is 0 Å².